The summed E-state index contributed by atoms with van der Waals surface area (Å²) in [5, 5.41) is 10.6. The minimum absolute atomic E-state index is 0.0203. The number of halogens is 2. The van der Waals surface area contributed by atoms with Gasteiger partial charge in [0.1, 0.15) is 6.42 Å². The molecule has 0 aromatic carbocycles. The number of alkyl halides is 2. The Morgan fingerprint density at radius 3 is 2.87 bits per heavy atom. The Kier molecular flexibility index (Phi) is 4.01. The van der Waals surface area contributed by atoms with Crippen LogP contribution in [0.3, 0.4) is 0 Å². The monoisotopic (exact) mass is 216 g/mol. The van der Waals surface area contributed by atoms with Crippen LogP contribution < -0.4 is 5.32 Å². The summed E-state index contributed by atoms with van der Waals surface area (Å²) in [4.78, 5) is 10.9. The maximum absolute atomic E-state index is 13.3. The molecule has 15 heavy (non-hydrogen) atoms. The number of nitrogens with one attached hydrogen (secondary N) is 1. The molecular weight excluding hydrogens is 202 g/mol. The van der Waals surface area contributed by atoms with Crippen LogP contribution in [0.15, 0.2) is 0 Å². The highest BCUT2D eigenvalue weighted by Gasteiger charge is 2.41. The molecule has 0 bridgehead atoms. The first-order valence-electron chi connectivity index (χ1n) is 5.08. The van der Waals surface area contributed by atoms with E-state index in [1.807, 2.05) is 0 Å². The van der Waals surface area contributed by atoms with Crippen molar-refractivity contribution in [2.75, 3.05) is 6.54 Å². The summed E-state index contributed by atoms with van der Waals surface area (Å²) in [5.74, 6) is -3.91. The fraction of sp³-hybridized carbons (Fsp3) is 0.800. The van der Waals surface area contributed by atoms with Gasteiger partial charge in [-0.15, -0.1) is 0 Å². The Morgan fingerprint density at radius 2 is 2.27 bits per heavy atom. The van der Waals surface area contributed by atoms with Crippen molar-refractivity contribution >= 4 is 5.91 Å². The highest BCUT2D eigenvalue weighted by Crippen LogP contribution is 2.37. The van der Waals surface area contributed by atoms with E-state index >= 15 is 0 Å². The largest absolute Gasteiger partial charge is 0.355 e. The van der Waals surface area contributed by atoms with E-state index < -0.39 is 17.7 Å². The zero-order chi connectivity index (χ0) is 11.3. The van der Waals surface area contributed by atoms with Crippen LogP contribution in [0, 0.1) is 17.2 Å². The number of hydrogen-bond acceptors (Lipinski definition) is 2. The third-order valence-electron chi connectivity index (χ3n) is 2.70. The van der Waals surface area contributed by atoms with Crippen molar-refractivity contribution in [1.29, 1.82) is 5.26 Å². The second kappa shape index (κ2) is 5.06. The first kappa shape index (κ1) is 11.9. The molecule has 1 aliphatic rings. The Morgan fingerprint density at radius 1 is 1.53 bits per heavy atom. The van der Waals surface area contributed by atoms with Crippen molar-refractivity contribution in [3.8, 4) is 6.07 Å². The first-order chi connectivity index (χ1) is 7.06. The van der Waals surface area contributed by atoms with E-state index in [-0.39, 0.29) is 19.4 Å². The molecule has 0 aromatic rings. The van der Waals surface area contributed by atoms with Crippen LogP contribution in [-0.2, 0) is 4.79 Å². The minimum Gasteiger partial charge on any atom is -0.355 e. The molecule has 1 rings (SSSR count). The van der Waals surface area contributed by atoms with Crippen molar-refractivity contribution in [1.82, 2.24) is 5.32 Å². The smallest absolute Gasteiger partial charge is 0.252 e. The highest BCUT2D eigenvalue weighted by molar-refractivity contribution is 5.77. The normalized spacial score (nSPS) is 24.2. The van der Waals surface area contributed by atoms with Crippen molar-refractivity contribution < 1.29 is 13.6 Å². The van der Waals surface area contributed by atoms with Crippen LogP contribution in [0.4, 0.5) is 8.78 Å². The van der Waals surface area contributed by atoms with E-state index in [1.54, 1.807) is 6.07 Å². The number of amides is 1. The Labute approximate surface area is 87.5 Å². The summed E-state index contributed by atoms with van der Waals surface area (Å²) in [6.45, 7) is -0.0203. The highest BCUT2D eigenvalue weighted by atomic mass is 19.3. The molecule has 0 saturated heterocycles. The van der Waals surface area contributed by atoms with E-state index in [0.717, 1.165) is 6.42 Å². The molecule has 1 amide bonds. The molecule has 0 aromatic heterocycles. The van der Waals surface area contributed by atoms with Crippen LogP contribution in [0.2, 0.25) is 0 Å². The SMILES string of the molecule is N#CCC(=O)NC[C@@H]1CCCCC1(F)F. The first-order valence-corrected chi connectivity index (χ1v) is 5.08. The molecule has 1 atom stereocenters. The van der Waals surface area contributed by atoms with Gasteiger partial charge < -0.3 is 5.32 Å². The fourth-order valence-electron chi connectivity index (χ4n) is 1.79. The van der Waals surface area contributed by atoms with Crippen molar-refractivity contribution in [2.45, 2.75) is 38.0 Å². The van der Waals surface area contributed by atoms with E-state index in [1.165, 1.54) is 0 Å². The lowest BCUT2D eigenvalue weighted by Crippen LogP contribution is -2.40. The maximum atomic E-state index is 13.3. The van der Waals surface area contributed by atoms with Crippen LogP contribution in [0.25, 0.3) is 0 Å². The lowest BCUT2D eigenvalue weighted by Gasteiger charge is -2.31. The predicted octanol–water partition coefficient (Wildman–Crippen LogP) is 1.84. The summed E-state index contributed by atoms with van der Waals surface area (Å²) < 4.78 is 26.6. The number of rotatable bonds is 3. The standard InChI is InChI=1S/C10H14F2N2O/c11-10(12)5-2-1-3-8(10)7-14-9(15)4-6-13/h8H,1-5,7H2,(H,14,15)/t8-/m0/s1. The molecule has 84 valence electrons. The van der Waals surface area contributed by atoms with E-state index in [4.69, 9.17) is 5.26 Å². The van der Waals surface area contributed by atoms with Gasteiger partial charge in [-0.05, 0) is 12.8 Å². The van der Waals surface area contributed by atoms with Gasteiger partial charge in [-0.1, -0.05) is 6.42 Å². The molecule has 1 saturated carbocycles. The fourth-order valence-corrected chi connectivity index (χ4v) is 1.79. The Bertz CT molecular complexity index is 273. The third kappa shape index (κ3) is 3.46. The van der Waals surface area contributed by atoms with Crippen molar-refractivity contribution in [3.05, 3.63) is 0 Å². The number of nitrogens with zero attached hydrogens (tertiary/aromatic N) is 1. The third-order valence-corrected chi connectivity index (χ3v) is 2.70. The number of hydrogen-bond donors (Lipinski definition) is 1. The number of nitriles is 1. The van der Waals surface area contributed by atoms with Crippen LogP contribution in [-0.4, -0.2) is 18.4 Å². The molecule has 0 radical (unpaired) electrons. The molecule has 1 fully saturated rings. The predicted molar refractivity (Wildman–Crippen MR) is 50.1 cm³/mol. The van der Waals surface area contributed by atoms with Gasteiger partial charge >= 0.3 is 0 Å². The Balaban J connectivity index is 2.37. The molecule has 3 nitrogen and oxygen atoms in total. The summed E-state index contributed by atoms with van der Waals surface area (Å²) >= 11 is 0. The van der Waals surface area contributed by atoms with Crippen LogP contribution in [0.5, 0.6) is 0 Å². The molecule has 0 aliphatic heterocycles. The van der Waals surface area contributed by atoms with Crippen LogP contribution in [0.1, 0.15) is 32.1 Å². The summed E-state index contributed by atoms with van der Waals surface area (Å²) in [6.07, 6.45) is 1.42. The molecule has 0 heterocycles. The number of carbonyl (C=O) groups is 1. The minimum atomic E-state index is -2.67. The van der Waals surface area contributed by atoms with Crippen molar-refractivity contribution in [2.24, 2.45) is 5.92 Å². The molecule has 1 N–H and O–H groups in total. The van der Waals surface area contributed by atoms with Gasteiger partial charge in [0.25, 0.3) is 5.92 Å². The second-order valence-corrected chi connectivity index (χ2v) is 3.84. The van der Waals surface area contributed by atoms with Crippen LogP contribution >= 0.6 is 0 Å². The number of carbonyl (C=O) groups excluding carboxylic acids is 1. The molecular formula is C10H14F2N2O. The summed E-state index contributed by atoms with van der Waals surface area (Å²) in [5.41, 5.74) is 0. The quantitative estimate of drug-likeness (QED) is 0.782. The van der Waals surface area contributed by atoms with Gasteiger partial charge in [0.15, 0.2) is 0 Å². The van der Waals surface area contributed by atoms with E-state index in [9.17, 15) is 13.6 Å². The Hall–Kier alpha value is -1.18. The van der Waals surface area contributed by atoms with Gasteiger partial charge in [0, 0.05) is 18.9 Å². The summed E-state index contributed by atoms with van der Waals surface area (Å²) in [6, 6.07) is 1.68. The lowest BCUT2D eigenvalue weighted by molar-refractivity contribution is -0.122. The van der Waals surface area contributed by atoms with E-state index in [2.05, 4.69) is 5.32 Å². The zero-order valence-corrected chi connectivity index (χ0v) is 8.43. The lowest BCUT2D eigenvalue weighted by atomic mass is 9.85. The van der Waals surface area contributed by atoms with E-state index in [0.29, 0.717) is 12.8 Å². The topological polar surface area (TPSA) is 52.9 Å². The molecule has 5 heteroatoms. The van der Waals surface area contributed by atoms with Gasteiger partial charge in [-0.3, -0.25) is 4.79 Å². The van der Waals surface area contributed by atoms with Gasteiger partial charge in [0.05, 0.1) is 6.07 Å². The molecule has 0 spiro atoms. The molecule has 1 aliphatic carbocycles. The van der Waals surface area contributed by atoms with Gasteiger partial charge in [-0.25, -0.2) is 8.78 Å². The van der Waals surface area contributed by atoms with Gasteiger partial charge in [-0.2, -0.15) is 5.26 Å². The molecule has 0 unspecified atom stereocenters. The second-order valence-electron chi connectivity index (χ2n) is 3.84. The van der Waals surface area contributed by atoms with Crippen molar-refractivity contribution in [3.63, 3.8) is 0 Å². The average Bonchev–Trinajstić information content (AvgIpc) is 2.16. The maximum Gasteiger partial charge on any atom is 0.252 e. The van der Waals surface area contributed by atoms with Gasteiger partial charge in [0.2, 0.25) is 5.91 Å². The summed E-state index contributed by atoms with van der Waals surface area (Å²) in [7, 11) is 0. The zero-order valence-electron chi connectivity index (χ0n) is 8.43. The average molecular weight is 216 g/mol.